The zero-order valence-corrected chi connectivity index (χ0v) is 14.5. The standard InChI is InChI=1S/C20H18F2N2O3/c21-15-2-3-16(22)17(11-15)24-7-5-23(6-8-24)12-13-1-4-18-14(9-13)10-19(27-18)20(25)26/h1-4,9-11H,5-8,12H2,(H,25,26). The van der Waals surface area contributed by atoms with Crippen molar-refractivity contribution in [1.82, 2.24) is 4.90 Å². The van der Waals surface area contributed by atoms with Crippen molar-refractivity contribution in [2.45, 2.75) is 6.54 Å². The highest BCUT2D eigenvalue weighted by Crippen LogP contribution is 2.24. The van der Waals surface area contributed by atoms with E-state index in [4.69, 9.17) is 9.52 Å². The first-order valence-electron chi connectivity index (χ1n) is 8.68. The third kappa shape index (κ3) is 3.64. The smallest absolute Gasteiger partial charge is 0.371 e. The number of carboxylic acid groups (broad SMARTS) is 1. The molecule has 1 saturated heterocycles. The van der Waals surface area contributed by atoms with E-state index in [9.17, 15) is 13.6 Å². The van der Waals surface area contributed by atoms with E-state index in [-0.39, 0.29) is 5.76 Å². The number of halogens is 2. The molecular formula is C20H18F2N2O3. The van der Waals surface area contributed by atoms with Crippen molar-refractivity contribution in [3.63, 3.8) is 0 Å². The molecule has 2 heterocycles. The quantitative estimate of drug-likeness (QED) is 0.756. The minimum Gasteiger partial charge on any atom is -0.475 e. The van der Waals surface area contributed by atoms with Crippen LogP contribution >= 0.6 is 0 Å². The van der Waals surface area contributed by atoms with E-state index in [2.05, 4.69) is 4.90 Å². The van der Waals surface area contributed by atoms with Gasteiger partial charge in [0.1, 0.15) is 17.2 Å². The average Bonchev–Trinajstić information content (AvgIpc) is 3.08. The number of nitrogens with zero attached hydrogens (tertiary/aromatic N) is 2. The SMILES string of the molecule is O=C(O)c1cc2cc(CN3CCN(c4cc(F)ccc4F)CC3)ccc2o1. The van der Waals surface area contributed by atoms with E-state index in [0.717, 1.165) is 36.2 Å². The summed E-state index contributed by atoms with van der Waals surface area (Å²) in [6.45, 7) is 3.36. The minimum atomic E-state index is -1.09. The van der Waals surface area contributed by atoms with Crippen LogP contribution in [0.25, 0.3) is 11.0 Å². The lowest BCUT2D eigenvalue weighted by molar-refractivity contribution is 0.0665. The third-order valence-corrected chi connectivity index (χ3v) is 4.82. The van der Waals surface area contributed by atoms with Gasteiger partial charge in [-0.25, -0.2) is 13.6 Å². The highest BCUT2D eigenvalue weighted by atomic mass is 19.1. The molecule has 0 atom stereocenters. The second-order valence-electron chi connectivity index (χ2n) is 6.65. The Bertz CT molecular complexity index is 994. The summed E-state index contributed by atoms with van der Waals surface area (Å²) in [5.41, 5.74) is 1.89. The maximum absolute atomic E-state index is 13.9. The number of benzene rings is 2. The molecule has 0 unspecified atom stereocenters. The average molecular weight is 372 g/mol. The molecule has 1 N–H and O–H groups in total. The van der Waals surface area contributed by atoms with Crippen molar-refractivity contribution < 1.29 is 23.1 Å². The summed E-state index contributed by atoms with van der Waals surface area (Å²) in [5, 5.41) is 9.77. The van der Waals surface area contributed by atoms with Crippen molar-refractivity contribution in [3.8, 4) is 0 Å². The van der Waals surface area contributed by atoms with Crippen molar-refractivity contribution >= 4 is 22.6 Å². The maximum atomic E-state index is 13.9. The number of piperazine rings is 1. The second-order valence-corrected chi connectivity index (χ2v) is 6.65. The second kappa shape index (κ2) is 7.00. The lowest BCUT2D eigenvalue weighted by Crippen LogP contribution is -2.46. The summed E-state index contributed by atoms with van der Waals surface area (Å²) >= 11 is 0. The number of aromatic carboxylic acids is 1. The molecule has 0 saturated carbocycles. The van der Waals surface area contributed by atoms with Crippen LogP contribution in [-0.2, 0) is 6.54 Å². The number of carboxylic acids is 1. The number of furan rings is 1. The fourth-order valence-corrected chi connectivity index (χ4v) is 3.43. The van der Waals surface area contributed by atoms with Crippen molar-refractivity contribution in [2.75, 3.05) is 31.1 Å². The molecule has 27 heavy (non-hydrogen) atoms. The lowest BCUT2D eigenvalue weighted by atomic mass is 10.1. The van der Waals surface area contributed by atoms with Gasteiger partial charge >= 0.3 is 5.97 Å². The van der Waals surface area contributed by atoms with E-state index in [1.54, 1.807) is 6.07 Å². The Hall–Kier alpha value is -2.93. The van der Waals surface area contributed by atoms with Gasteiger partial charge in [-0.2, -0.15) is 0 Å². The van der Waals surface area contributed by atoms with Crippen molar-refractivity contribution in [3.05, 3.63) is 65.4 Å². The molecule has 1 aromatic heterocycles. The molecule has 1 aliphatic rings. The van der Waals surface area contributed by atoms with Gasteiger partial charge in [0.05, 0.1) is 5.69 Å². The molecule has 0 amide bonds. The van der Waals surface area contributed by atoms with Gasteiger partial charge in [-0.3, -0.25) is 4.90 Å². The lowest BCUT2D eigenvalue weighted by Gasteiger charge is -2.36. The maximum Gasteiger partial charge on any atom is 0.371 e. The van der Waals surface area contributed by atoms with E-state index >= 15 is 0 Å². The molecule has 5 nitrogen and oxygen atoms in total. The van der Waals surface area contributed by atoms with Gasteiger partial charge in [0.2, 0.25) is 5.76 Å². The van der Waals surface area contributed by atoms with Gasteiger partial charge in [0, 0.05) is 44.2 Å². The summed E-state index contributed by atoms with van der Waals surface area (Å²) in [6.07, 6.45) is 0. The largest absolute Gasteiger partial charge is 0.475 e. The Morgan fingerprint density at radius 3 is 2.56 bits per heavy atom. The Balaban J connectivity index is 1.42. The normalized spacial score (nSPS) is 15.4. The van der Waals surface area contributed by atoms with Crippen LogP contribution in [0.15, 0.2) is 46.9 Å². The third-order valence-electron chi connectivity index (χ3n) is 4.82. The Kier molecular flexibility index (Phi) is 4.53. The molecule has 4 rings (SSSR count). The summed E-state index contributed by atoms with van der Waals surface area (Å²) in [7, 11) is 0. The molecule has 0 aliphatic carbocycles. The number of fused-ring (bicyclic) bond motifs is 1. The summed E-state index contributed by atoms with van der Waals surface area (Å²) in [6, 6.07) is 10.6. The number of rotatable bonds is 4. The predicted molar refractivity (Wildman–Crippen MR) is 97.0 cm³/mol. The minimum absolute atomic E-state index is 0.0760. The van der Waals surface area contributed by atoms with E-state index < -0.39 is 17.6 Å². The highest BCUT2D eigenvalue weighted by Gasteiger charge is 2.20. The molecule has 2 aromatic carbocycles. The van der Waals surface area contributed by atoms with Crippen LogP contribution in [0.5, 0.6) is 0 Å². The first kappa shape index (κ1) is 17.5. The van der Waals surface area contributed by atoms with Crippen LogP contribution < -0.4 is 4.90 Å². The van der Waals surface area contributed by atoms with E-state index in [0.29, 0.717) is 30.9 Å². The van der Waals surface area contributed by atoms with Gasteiger partial charge in [-0.1, -0.05) is 6.07 Å². The molecule has 0 spiro atoms. The van der Waals surface area contributed by atoms with Gasteiger partial charge in [-0.15, -0.1) is 0 Å². The van der Waals surface area contributed by atoms with Crippen molar-refractivity contribution in [2.24, 2.45) is 0 Å². The molecule has 3 aromatic rings. The van der Waals surface area contributed by atoms with Crippen molar-refractivity contribution in [1.29, 1.82) is 0 Å². The van der Waals surface area contributed by atoms with Crippen LogP contribution in [-0.4, -0.2) is 42.2 Å². The molecule has 7 heteroatoms. The number of anilines is 1. The number of carbonyl (C=O) groups is 1. The summed E-state index contributed by atoms with van der Waals surface area (Å²) in [4.78, 5) is 15.1. The van der Waals surface area contributed by atoms with Gasteiger partial charge in [0.25, 0.3) is 0 Å². The number of hydrogen-bond donors (Lipinski definition) is 1. The Morgan fingerprint density at radius 2 is 1.81 bits per heavy atom. The summed E-state index contributed by atoms with van der Waals surface area (Å²) < 4.78 is 32.6. The Labute approximate surface area is 154 Å². The molecular weight excluding hydrogens is 354 g/mol. The molecule has 1 aliphatic heterocycles. The topological polar surface area (TPSA) is 56.9 Å². The van der Waals surface area contributed by atoms with Crippen LogP contribution in [0.3, 0.4) is 0 Å². The fraction of sp³-hybridized carbons (Fsp3) is 0.250. The molecule has 0 bridgehead atoms. The zero-order chi connectivity index (χ0) is 19.0. The first-order chi connectivity index (χ1) is 13.0. The summed E-state index contributed by atoms with van der Waals surface area (Å²) in [5.74, 6) is -2.02. The number of hydrogen-bond acceptors (Lipinski definition) is 4. The van der Waals surface area contributed by atoms with Gasteiger partial charge in [-0.05, 0) is 35.9 Å². The molecule has 0 radical (unpaired) electrons. The zero-order valence-electron chi connectivity index (χ0n) is 14.5. The van der Waals surface area contributed by atoms with E-state index in [1.165, 1.54) is 12.1 Å². The van der Waals surface area contributed by atoms with Crippen LogP contribution in [0.1, 0.15) is 16.1 Å². The van der Waals surface area contributed by atoms with Crippen LogP contribution in [0, 0.1) is 11.6 Å². The Morgan fingerprint density at radius 1 is 1.04 bits per heavy atom. The first-order valence-corrected chi connectivity index (χ1v) is 8.68. The molecule has 1 fully saturated rings. The van der Waals surface area contributed by atoms with E-state index in [1.807, 2.05) is 17.0 Å². The monoisotopic (exact) mass is 372 g/mol. The highest BCUT2D eigenvalue weighted by molar-refractivity contribution is 5.91. The fourth-order valence-electron chi connectivity index (χ4n) is 3.43. The van der Waals surface area contributed by atoms with Gasteiger partial charge < -0.3 is 14.4 Å². The molecule has 140 valence electrons. The predicted octanol–water partition coefficient (Wildman–Crippen LogP) is 3.73. The van der Waals surface area contributed by atoms with Gasteiger partial charge in [0.15, 0.2) is 0 Å². The van der Waals surface area contributed by atoms with Crippen LogP contribution in [0.2, 0.25) is 0 Å². The van der Waals surface area contributed by atoms with Crippen LogP contribution in [0.4, 0.5) is 14.5 Å².